The molecular weight excluding hydrogens is 342 g/mol. The fourth-order valence-electron chi connectivity index (χ4n) is 3.65. The van der Waals surface area contributed by atoms with Gasteiger partial charge in [-0.15, -0.1) is 11.3 Å². The molecule has 0 aromatic carbocycles. The second kappa shape index (κ2) is 7.37. The van der Waals surface area contributed by atoms with Gasteiger partial charge in [-0.3, -0.25) is 0 Å². The molecule has 2 N–H and O–H groups in total. The predicted octanol–water partition coefficient (Wildman–Crippen LogP) is 2.91. The number of aromatic nitrogens is 3. The first-order valence-corrected chi connectivity index (χ1v) is 10.1. The van der Waals surface area contributed by atoms with E-state index >= 15 is 0 Å². The largest absolute Gasteiger partial charge is 0.369 e. The van der Waals surface area contributed by atoms with E-state index in [1.54, 1.807) is 11.3 Å². The van der Waals surface area contributed by atoms with Crippen LogP contribution in [0.1, 0.15) is 32.0 Å². The van der Waals surface area contributed by atoms with Gasteiger partial charge in [-0.05, 0) is 24.8 Å². The van der Waals surface area contributed by atoms with Crippen LogP contribution in [-0.2, 0) is 6.42 Å². The van der Waals surface area contributed by atoms with Crippen LogP contribution in [0.3, 0.4) is 0 Å². The zero-order valence-electron chi connectivity index (χ0n) is 16.7. The van der Waals surface area contributed by atoms with Crippen molar-refractivity contribution in [3.05, 3.63) is 34.8 Å². The Kier molecular flexibility index (Phi) is 5.34. The average molecular weight is 373 g/mol. The number of quaternary nitrogens is 1. The van der Waals surface area contributed by atoms with E-state index in [1.165, 1.54) is 15.3 Å². The monoisotopic (exact) mass is 372 g/mol. The molecule has 3 heterocycles. The molecule has 6 heteroatoms. The lowest BCUT2D eigenvalue weighted by Gasteiger charge is -2.27. The second-order valence-corrected chi connectivity index (χ2v) is 9.00. The first kappa shape index (κ1) is 18.9. The summed E-state index contributed by atoms with van der Waals surface area (Å²) in [4.78, 5) is 7.43. The highest BCUT2D eigenvalue weighted by atomic mass is 32.1. The van der Waals surface area contributed by atoms with Crippen molar-refractivity contribution in [2.24, 2.45) is 5.41 Å². The third kappa shape index (κ3) is 3.91. The summed E-state index contributed by atoms with van der Waals surface area (Å²) in [6.45, 7) is 10.9. The van der Waals surface area contributed by atoms with Gasteiger partial charge in [-0.1, -0.05) is 26.8 Å². The Morgan fingerprint density at radius 2 is 2.08 bits per heavy atom. The van der Waals surface area contributed by atoms with Gasteiger partial charge in [0.2, 0.25) is 0 Å². The van der Waals surface area contributed by atoms with Crippen LogP contribution in [0, 0.1) is 12.3 Å². The fourth-order valence-corrected chi connectivity index (χ4v) is 4.33. The first-order valence-electron chi connectivity index (χ1n) is 9.27. The molecule has 0 saturated carbocycles. The molecule has 3 rings (SSSR count). The molecule has 0 aliphatic carbocycles. The van der Waals surface area contributed by atoms with Crippen molar-refractivity contribution in [2.45, 2.75) is 34.1 Å². The summed E-state index contributed by atoms with van der Waals surface area (Å²) >= 11 is 1.71. The SMILES string of the molecule is CCc1c(C)nc2cc(-c3cccs3)nn2c1NCC(C)(C)C[NH+](C)C. The van der Waals surface area contributed by atoms with E-state index < -0.39 is 0 Å². The van der Waals surface area contributed by atoms with Crippen molar-refractivity contribution in [3.63, 3.8) is 0 Å². The lowest BCUT2D eigenvalue weighted by Crippen LogP contribution is -3.07. The van der Waals surface area contributed by atoms with Gasteiger partial charge >= 0.3 is 0 Å². The van der Waals surface area contributed by atoms with Gasteiger partial charge in [0.25, 0.3) is 0 Å². The van der Waals surface area contributed by atoms with Crippen LogP contribution in [-0.4, -0.2) is 41.8 Å². The van der Waals surface area contributed by atoms with Gasteiger partial charge in [0.05, 0.1) is 25.5 Å². The summed E-state index contributed by atoms with van der Waals surface area (Å²) in [5, 5.41) is 10.7. The van der Waals surface area contributed by atoms with E-state index in [-0.39, 0.29) is 5.41 Å². The maximum Gasteiger partial charge on any atom is 0.158 e. The number of rotatable bonds is 7. The summed E-state index contributed by atoms with van der Waals surface area (Å²) in [6.07, 6.45) is 0.935. The minimum atomic E-state index is 0.192. The van der Waals surface area contributed by atoms with Crippen LogP contribution in [0.25, 0.3) is 16.2 Å². The van der Waals surface area contributed by atoms with Crippen molar-refractivity contribution < 1.29 is 4.90 Å². The third-order valence-electron chi connectivity index (χ3n) is 4.60. The Balaban J connectivity index is 2.01. The zero-order valence-corrected chi connectivity index (χ0v) is 17.5. The van der Waals surface area contributed by atoms with Crippen molar-refractivity contribution in [2.75, 3.05) is 32.5 Å². The highest BCUT2D eigenvalue weighted by molar-refractivity contribution is 7.13. The topological polar surface area (TPSA) is 46.7 Å². The smallest absolute Gasteiger partial charge is 0.158 e. The van der Waals surface area contributed by atoms with Gasteiger partial charge in [0, 0.05) is 29.3 Å². The number of thiophene rings is 1. The van der Waals surface area contributed by atoms with Crippen LogP contribution < -0.4 is 10.2 Å². The summed E-state index contributed by atoms with van der Waals surface area (Å²) in [6, 6.07) is 6.25. The Bertz CT molecular complexity index is 877. The molecule has 0 atom stereocenters. The summed E-state index contributed by atoms with van der Waals surface area (Å²) in [7, 11) is 4.41. The maximum absolute atomic E-state index is 4.86. The number of hydrogen-bond donors (Lipinski definition) is 2. The van der Waals surface area contributed by atoms with Crippen LogP contribution >= 0.6 is 11.3 Å². The molecule has 0 aliphatic heterocycles. The quantitative estimate of drug-likeness (QED) is 0.670. The lowest BCUT2D eigenvalue weighted by molar-refractivity contribution is -0.865. The molecule has 0 aliphatic rings. The number of anilines is 1. The molecule has 0 spiro atoms. The minimum Gasteiger partial charge on any atom is -0.369 e. The Morgan fingerprint density at radius 3 is 2.69 bits per heavy atom. The van der Waals surface area contributed by atoms with Crippen molar-refractivity contribution in [1.29, 1.82) is 0 Å². The number of nitrogens with one attached hydrogen (secondary N) is 2. The van der Waals surface area contributed by atoms with E-state index in [0.29, 0.717) is 0 Å². The van der Waals surface area contributed by atoms with Crippen LogP contribution in [0.4, 0.5) is 5.82 Å². The van der Waals surface area contributed by atoms with Crippen molar-refractivity contribution in [3.8, 4) is 10.6 Å². The predicted molar refractivity (Wildman–Crippen MR) is 110 cm³/mol. The van der Waals surface area contributed by atoms with Crippen molar-refractivity contribution in [1.82, 2.24) is 14.6 Å². The highest BCUT2D eigenvalue weighted by Crippen LogP contribution is 2.28. The molecule has 0 unspecified atom stereocenters. The molecule has 3 aromatic rings. The van der Waals surface area contributed by atoms with Gasteiger partial charge in [0.15, 0.2) is 5.65 Å². The molecule has 0 bridgehead atoms. The fraction of sp³-hybridized carbons (Fsp3) is 0.500. The van der Waals surface area contributed by atoms with Crippen LogP contribution in [0.2, 0.25) is 0 Å². The molecule has 0 fully saturated rings. The lowest BCUT2D eigenvalue weighted by atomic mass is 9.93. The molecule has 0 amide bonds. The standard InChI is InChI=1S/C20H29N5S/c1-7-15-14(2)22-18-11-16(17-9-8-10-26-17)23-25(18)19(15)21-12-20(3,4)13-24(5)6/h8-11,21H,7,12-13H2,1-6H3/p+1. The maximum atomic E-state index is 4.86. The van der Waals surface area contributed by atoms with Gasteiger partial charge in [0.1, 0.15) is 11.5 Å². The van der Waals surface area contributed by atoms with E-state index in [1.807, 2.05) is 4.52 Å². The molecular formula is C20H30N5S+. The van der Waals surface area contributed by atoms with E-state index in [0.717, 1.165) is 42.4 Å². The first-order chi connectivity index (χ1) is 12.3. The van der Waals surface area contributed by atoms with Gasteiger partial charge in [-0.2, -0.15) is 9.61 Å². The summed E-state index contributed by atoms with van der Waals surface area (Å²) < 4.78 is 1.99. The summed E-state index contributed by atoms with van der Waals surface area (Å²) in [5.41, 5.74) is 4.40. The normalized spacial score (nSPS) is 12.3. The molecule has 26 heavy (non-hydrogen) atoms. The average Bonchev–Trinajstić information content (AvgIpc) is 3.19. The van der Waals surface area contributed by atoms with E-state index in [4.69, 9.17) is 10.1 Å². The molecule has 5 nitrogen and oxygen atoms in total. The molecule has 0 radical (unpaired) electrons. The minimum absolute atomic E-state index is 0.192. The second-order valence-electron chi connectivity index (χ2n) is 8.06. The summed E-state index contributed by atoms with van der Waals surface area (Å²) in [5.74, 6) is 1.08. The number of aryl methyl sites for hydroxylation is 1. The van der Waals surface area contributed by atoms with E-state index in [2.05, 4.69) is 70.7 Å². The third-order valence-corrected chi connectivity index (χ3v) is 5.49. The highest BCUT2D eigenvalue weighted by Gasteiger charge is 2.23. The van der Waals surface area contributed by atoms with Gasteiger partial charge in [-0.25, -0.2) is 4.98 Å². The van der Waals surface area contributed by atoms with Crippen LogP contribution in [0.5, 0.6) is 0 Å². The molecule has 140 valence electrons. The number of fused-ring (bicyclic) bond motifs is 1. The number of hydrogen-bond acceptors (Lipinski definition) is 4. The Morgan fingerprint density at radius 1 is 1.31 bits per heavy atom. The van der Waals surface area contributed by atoms with Crippen LogP contribution in [0.15, 0.2) is 23.6 Å². The molecule has 3 aromatic heterocycles. The Labute approximate surface area is 160 Å². The zero-order chi connectivity index (χ0) is 18.9. The van der Waals surface area contributed by atoms with E-state index in [9.17, 15) is 0 Å². The van der Waals surface area contributed by atoms with Gasteiger partial charge < -0.3 is 10.2 Å². The molecule has 0 saturated heterocycles. The Hall–Kier alpha value is -1.92. The number of nitrogens with zero attached hydrogens (tertiary/aromatic N) is 3. The van der Waals surface area contributed by atoms with Crippen molar-refractivity contribution >= 4 is 22.8 Å².